The maximum absolute atomic E-state index is 11.6. The molecule has 2 aromatic rings. The highest BCUT2D eigenvalue weighted by molar-refractivity contribution is 6.42. The summed E-state index contributed by atoms with van der Waals surface area (Å²) in [5, 5.41) is 13.8. The molecule has 2 aromatic carbocycles. The minimum atomic E-state index is -0.578. The third-order valence-electron chi connectivity index (χ3n) is 3.19. The molecule has 0 aliphatic heterocycles. The van der Waals surface area contributed by atoms with Crippen molar-refractivity contribution in [3.8, 4) is 11.8 Å². The summed E-state index contributed by atoms with van der Waals surface area (Å²) >= 11 is 11.6. The van der Waals surface area contributed by atoms with E-state index >= 15 is 0 Å². The molecule has 8 heteroatoms. The number of hydrogen-bond acceptors (Lipinski definition) is 4. The topological polar surface area (TPSA) is 81.5 Å². The van der Waals surface area contributed by atoms with E-state index in [1.807, 2.05) is 30.3 Å². The molecule has 0 bridgehead atoms. The molecule has 0 unspecified atom stereocenters. The zero-order valence-corrected chi connectivity index (χ0v) is 15.0. The van der Waals surface area contributed by atoms with Gasteiger partial charge in [-0.1, -0.05) is 65.4 Å². The Kier molecular flexibility index (Phi) is 7.27. The van der Waals surface area contributed by atoms with Gasteiger partial charge in [-0.3, -0.25) is 10.1 Å². The lowest BCUT2D eigenvalue weighted by Gasteiger charge is -2.05. The van der Waals surface area contributed by atoms with E-state index in [0.717, 1.165) is 11.6 Å². The molecule has 1 amide bonds. The number of halogens is 2. The van der Waals surface area contributed by atoms with Crippen LogP contribution in [0.15, 0.2) is 42.5 Å². The van der Waals surface area contributed by atoms with Crippen molar-refractivity contribution < 1.29 is 14.5 Å². The number of benzene rings is 2. The number of ether oxygens (including phenoxy) is 1. The van der Waals surface area contributed by atoms with Gasteiger partial charge in [-0.15, -0.1) is 0 Å². The van der Waals surface area contributed by atoms with Crippen molar-refractivity contribution >= 4 is 35.0 Å². The Bertz CT molecular complexity index is 861. The van der Waals surface area contributed by atoms with E-state index in [-0.39, 0.29) is 40.9 Å². The first-order valence-corrected chi connectivity index (χ1v) is 8.30. The summed E-state index contributed by atoms with van der Waals surface area (Å²) < 4.78 is 5.05. The van der Waals surface area contributed by atoms with Gasteiger partial charge in [-0.25, -0.2) is 4.79 Å². The van der Waals surface area contributed by atoms with Crippen LogP contribution in [-0.4, -0.2) is 17.6 Å². The Balaban J connectivity index is 1.83. The molecule has 0 aliphatic carbocycles. The van der Waals surface area contributed by atoms with Crippen LogP contribution in [-0.2, 0) is 11.3 Å². The van der Waals surface area contributed by atoms with Gasteiger partial charge in [0, 0.05) is 19.0 Å². The summed E-state index contributed by atoms with van der Waals surface area (Å²) in [5.41, 5.74) is 0.826. The van der Waals surface area contributed by atoms with Gasteiger partial charge in [0.25, 0.3) is 5.69 Å². The minimum Gasteiger partial charge on any atom is -0.445 e. The second-order valence-electron chi connectivity index (χ2n) is 5.08. The van der Waals surface area contributed by atoms with E-state index in [0.29, 0.717) is 0 Å². The quantitative estimate of drug-likeness (QED) is 0.349. The van der Waals surface area contributed by atoms with Crippen molar-refractivity contribution in [1.82, 2.24) is 5.32 Å². The fourth-order valence-electron chi connectivity index (χ4n) is 1.95. The zero-order chi connectivity index (χ0) is 18.9. The first-order chi connectivity index (χ1) is 12.5. The van der Waals surface area contributed by atoms with Gasteiger partial charge >= 0.3 is 6.09 Å². The number of nitro benzene ring substituents is 1. The lowest BCUT2D eigenvalue weighted by molar-refractivity contribution is -0.385. The monoisotopic (exact) mass is 392 g/mol. The lowest BCUT2D eigenvalue weighted by Crippen LogP contribution is -2.24. The van der Waals surface area contributed by atoms with Gasteiger partial charge in [0.1, 0.15) is 12.2 Å². The van der Waals surface area contributed by atoms with Crippen molar-refractivity contribution in [2.75, 3.05) is 6.54 Å². The van der Waals surface area contributed by atoms with Gasteiger partial charge in [0.2, 0.25) is 0 Å². The number of carbonyl (C=O) groups excluding carboxylic acids is 1. The van der Waals surface area contributed by atoms with E-state index in [9.17, 15) is 14.9 Å². The number of amides is 1. The van der Waals surface area contributed by atoms with Crippen molar-refractivity contribution in [3.63, 3.8) is 0 Å². The number of carbonyl (C=O) groups is 1. The Morgan fingerprint density at radius 3 is 2.58 bits per heavy atom. The Morgan fingerprint density at radius 2 is 1.88 bits per heavy atom. The number of rotatable bonds is 5. The zero-order valence-electron chi connectivity index (χ0n) is 13.5. The predicted molar refractivity (Wildman–Crippen MR) is 99.2 cm³/mol. The van der Waals surface area contributed by atoms with Crippen LogP contribution >= 0.6 is 23.2 Å². The van der Waals surface area contributed by atoms with Crippen LogP contribution in [0.4, 0.5) is 10.5 Å². The standard InChI is InChI=1S/C18H14Cl2N2O4/c19-15-10-14(17(22(24)25)11-16(15)20)8-4-5-9-21-18(23)26-12-13-6-2-1-3-7-13/h1-3,6-7,10-11H,5,9,12H2,(H,21,23). The second-order valence-corrected chi connectivity index (χ2v) is 5.90. The van der Waals surface area contributed by atoms with E-state index in [1.165, 1.54) is 6.07 Å². The highest BCUT2D eigenvalue weighted by Crippen LogP contribution is 2.29. The Labute approximate surface area is 160 Å². The molecule has 0 atom stereocenters. The molecule has 26 heavy (non-hydrogen) atoms. The summed E-state index contributed by atoms with van der Waals surface area (Å²) in [4.78, 5) is 22.0. The molecule has 2 rings (SSSR count). The van der Waals surface area contributed by atoms with Gasteiger partial charge in [0.05, 0.1) is 15.0 Å². The van der Waals surface area contributed by atoms with Crippen molar-refractivity contribution in [3.05, 3.63) is 73.8 Å². The Hall–Kier alpha value is -2.75. The fourth-order valence-corrected chi connectivity index (χ4v) is 2.27. The van der Waals surface area contributed by atoms with E-state index in [4.69, 9.17) is 27.9 Å². The normalized spacial score (nSPS) is 9.77. The van der Waals surface area contributed by atoms with Crippen molar-refractivity contribution in [1.29, 1.82) is 0 Å². The molecule has 134 valence electrons. The van der Waals surface area contributed by atoms with Gasteiger partial charge in [-0.2, -0.15) is 0 Å². The Morgan fingerprint density at radius 1 is 1.19 bits per heavy atom. The highest BCUT2D eigenvalue weighted by atomic mass is 35.5. The number of alkyl carbamates (subject to hydrolysis) is 1. The van der Waals surface area contributed by atoms with Gasteiger partial charge in [-0.05, 0) is 11.6 Å². The third kappa shape index (κ3) is 5.96. The largest absolute Gasteiger partial charge is 0.445 e. The van der Waals surface area contributed by atoms with Crippen LogP contribution in [0.5, 0.6) is 0 Å². The second kappa shape index (κ2) is 9.66. The maximum atomic E-state index is 11.6. The number of nitrogens with one attached hydrogen (secondary N) is 1. The smallest absolute Gasteiger partial charge is 0.407 e. The molecular formula is C18H14Cl2N2O4. The molecule has 0 radical (unpaired) electrons. The molecular weight excluding hydrogens is 379 g/mol. The summed E-state index contributed by atoms with van der Waals surface area (Å²) in [7, 11) is 0. The van der Waals surface area contributed by atoms with E-state index in [2.05, 4.69) is 17.2 Å². The lowest BCUT2D eigenvalue weighted by atomic mass is 10.2. The maximum Gasteiger partial charge on any atom is 0.407 e. The summed E-state index contributed by atoms with van der Waals surface area (Å²) in [5.74, 6) is 5.41. The molecule has 0 saturated heterocycles. The summed E-state index contributed by atoms with van der Waals surface area (Å²) in [6.07, 6.45) is -0.270. The molecule has 0 spiro atoms. The molecule has 0 aromatic heterocycles. The SMILES string of the molecule is O=C(NCCC#Cc1cc(Cl)c(Cl)cc1[N+](=O)[O-])OCc1ccccc1. The van der Waals surface area contributed by atoms with Crippen LogP contribution < -0.4 is 5.32 Å². The molecule has 6 nitrogen and oxygen atoms in total. The van der Waals surface area contributed by atoms with Crippen molar-refractivity contribution in [2.45, 2.75) is 13.0 Å². The first-order valence-electron chi connectivity index (χ1n) is 7.54. The van der Waals surface area contributed by atoms with Crippen LogP contribution in [0.3, 0.4) is 0 Å². The van der Waals surface area contributed by atoms with Crippen LogP contribution in [0.1, 0.15) is 17.5 Å². The van der Waals surface area contributed by atoms with E-state index < -0.39 is 11.0 Å². The number of hydrogen-bond donors (Lipinski definition) is 1. The molecule has 0 heterocycles. The average molecular weight is 393 g/mol. The minimum absolute atomic E-state index is 0.0896. The third-order valence-corrected chi connectivity index (χ3v) is 3.91. The van der Waals surface area contributed by atoms with Gasteiger partial charge < -0.3 is 10.1 Å². The van der Waals surface area contributed by atoms with Crippen molar-refractivity contribution in [2.24, 2.45) is 0 Å². The number of nitro groups is 1. The molecule has 0 aliphatic rings. The van der Waals surface area contributed by atoms with E-state index in [1.54, 1.807) is 0 Å². The summed E-state index contributed by atoms with van der Waals surface area (Å²) in [6.45, 7) is 0.420. The fraction of sp³-hybridized carbons (Fsp3) is 0.167. The predicted octanol–water partition coefficient (Wildman–Crippen LogP) is 4.57. The van der Waals surface area contributed by atoms with Crippen LogP contribution in [0, 0.1) is 22.0 Å². The van der Waals surface area contributed by atoms with Gasteiger partial charge in [0.15, 0.2) is 0 Å². The molecule has 0 fully saturated rings. The molecule has 0 saturated carbocycles. The number of nitrogens with zero attached hydrogens (tertiary/aromatic N) is 1. The molecule has 1 N–H and O–H groups in total. The average Bonchev–Trinajstić information content (AvgIpc) is 2.63. The highest BCUT2D eigenvalue weighted by Gasteiger charge is 2.15. The summed E-state index contributed by atoms with van der Waals surface area (Å²) in [6, 6.07) is 11.8. The van der Waals surface area contributed by atoms with Crippen LogP contribution in [0.2, 0.25) is 10.0 Å². The first kappa shape index (κ1) is 19.6. The van der Waals surface area contributed by atoms with Crippen LogP contribution in [0.25, 0.3) is 0 Å².